The van der Waals surface area contributed by atoms with Gasteiger partial charge in [-0.15, -0.1) is 0 Å². The van der Waals surface area contributed by atoms with E-state index < -0.39 is 11.7 Å². The third kappa shape index (κ3) is 9.68. The first-order valence-corrected chi connectivity index (χ1v) is 14.4. The van der Waals surface area contributed by atoms with E-state index in [-0.39, 0.29) is 29.5 Å². The van der Waals surface area contributed by atoms with E-state index in [4.69, 9.17) is 35.4 Å². The molecule has 1 fully saturated rings. The van der Waals surface area contributed by atoms with Crippen LogP contribution in [0.2, 0.25) is 0 Å². The molecule has 0 spiro atoms. The first-order valence-electron chi connectivity index (χ1n) is 14.4. The van der Waals surface area contributed by atoms with Crippen molar-refractivity contribution in [3.63, 3.8) is 0 Å². The molecule has 8 N–H and O–H groups in total. The van der Waals surface area contributed by atoms with Crippen molar-refractivity contribution in [1.82, 2.24) is 16.3 Å². The van der Waals surface area contributed by atoms with Crippen LogP contribution >= 0.6 is 0 Å². The predicted octanol–water partition coefficient (Wildman–Crippen LogP) is 5.90. The van der Waals surface area contributed by atoms with Gasteiger partial charge in [-0.25, -0.2) is 4.79 Å². The van der Waals surface area contributed by atoms with Crippen molar-refractivity contribution in [3.05, 3.63) is 77.9 Å². The number of amides is 2. The Bertz CT molecular complexity index is 1430. The molecular weight excluding hydrogens is 580 g/mol. The Kier molecular flexibility index (Phi) is 10.6. The summed E-state index contributed by atoms with van der Waals surface area (Å²) in [5.41, 5.74) is 4.38. The number of benzene rings is 3. The van der Waals surface area contributed by atoms with E-state index in [0.717, 1.165) is 0 Å². The smallest absolute Gasteiger partial charge is 0.407 e. The number of amidine groups is 2. The van der Waals surface area contributed by atoms with Crippen molar-refractivity contribution in [1.29, 1.82) is 10.8 Å². The molecule has 0 aliphatic heterocycles. The molecule has 45 heavy (non-hydrogen) atoms. The van der Waals surface area contributed by atoms with Crippen LogP contribution in [0, 0.1) is 16.7 Å². The van der Waals surface area contributed by atoms with E-state index >= 15 is 0 Å². The van der Waals surface area contributed by atoms with Crippen LogP contribution in [0.1, 0.15) is 57.6 Å². The summed E-state index contributed by atoms with van der Waals surface area (Å²) in [5.74, 6) is 0.926. The topological polar surface area (TPSA) is 198 Å². The van der Waals surface area contributed by atoms with E-state index in [1.807, 2.05) is 20.8 Å². The van der Waals surface area contributed by atoms with Gasteiger partial charge in [0.15, 0.2) is 0 Å². The van der Waals surface area contributed by atoms with Crippen LogP contribution in [0.5, 0.6) is 23.0 Å². The van der Waals surface area contributed by atoms with Gasteiger partial charge in [0.1, 0.15) is 40.3 Å². The Balaban J connectivity index is 1.47. The van der Waals surface area contributed by atoms with Gasteiger partial charge < -0.3 is 24.8 Å². The lowest BCUT2D eigenvalue weighted by molar-refractivity contribution is -0.120. The quantitative estimate of drug-likeness (QED) is 0.0817. The molecule has 3 aromatic carbocycles. The van der Waals surface area contributed by atoms with Gasteiger partial charge in [-0.05, 0) is 95.0 Å². The average Bonchev–Trinajstić information content (AvgIpc) is 3.00. The number of nitrogens with one attached hydrogen (secondary N) is 6. The summed E-state index contributed by atoms with van der Waals surface area (Å²) in [6.45, 7) is 5.43. The Labute approximate surface area is 260 Å². The summed E-state index contributed by atoms with van der Waals surface area (Å²) >= 11 is 0. The molecule has 0 aromatic heterocycles. The van der Waals surface area contributed by atoms with Crippen LogP contribution in [0.25, 0.3) is 0 Å². The molecule has 0 heterocycles. The van der Waals surface area contributed by atoms with E-state index in [2.05, 4.69) is 10.6 Å². The van der Waals surface area contributed by atoms with E-state index in [9.17, 15) is 9.59 Å². The zero-order chi connectivity index (χ0) is 32.6. The van der Waals surface area contributed by atoms with Gasteiger partial charge in [-0.2, -0.15) is 0 Å². The Morgan fingerprint density at radius 1 is 0.733 bits per heavy atom. The summed E-state index contributed by atoms with van der Waals surface area (Å²) < 4.78 is 17.4. The number of hydrogen-bond donors (Lipinski definition) is 8. The summed E-state index contributed by atoms with van der Waals surface area (Å²) in [4.78, 5) is 25.4. The lowest BCUT2D eigenvalue weighted by atomic mass is 9.85. The molecule has 0 bridgehead atoms. The number of hydroxylamine groups is 2. The minimum atomic E-state index is -0.585. The van der Waals surface area contributed by atoms with Gasteiger partial charge in [0.2, 0.25) is 5.91 Å². The molecular formula is C32H38N6O7. The highest BCUT2D eigenvalue weighted by Crippen LogP contribution is 2.34. The summed E-state index contributed by atoms with van der Waals surface area (Å²) in [6.07, 6.45) is 2.02. The van der Waals surface area contributed by atoms with Crippen LogP contribution in [-0.4, -0.2) is 45.7 Å². The minimum Gasteiger partial charge on any atom is -0.457 e. The third-order valence-electron chi connectivity index (χ3n) is 6.95. The highest BCUT2D eigenvalue weighted by Gasteiger charge is 2.28. The number of hydrogen-bond acceptors (Lipinski definition) is 9. The zero-order valence-corrected chi connectivity index (χ0v) is 25.3. The molecule has 13 heteroatoms. The summed E-state index contributed by atoms with van der Waals surface area (Å²) in [5, 5.41) is 39.2. The van der Waals surface area contributed by atoms with Crippen molar-refractivity contribution in [2.45, 2.75) is 58.1 Å². The van der Waals surface area contributed by atoms with Crippen LogP contribution in [0.15, 0.2) is 66.7 Å². The molecule has 1 saturated carbocycles. The maximum atomic E-state index is 13.3. The van der Waals surface area contributed by atoms with Crippen LogP contribution < -0.4 is 31.1 Å². The van der Waals surface area contributed by atoms with Crippen LogP contribution in [0.4, 0.5) is 10.5 Å². The number of carbonyl (C=O) groups excluding carboxylic acids is 2. The molecule has 0 radical (unpaired) electrons. The second-order valence-electron chi connectivity index (χ2n) is 11.6. The van der Waals surface area contributed by atoms with E-state index in [0.29, 0.717) is 65.5 Å². The van der Waals surface area contributed by atoms with E-state index in [1.165, 1.54) is 0 Å². The molecule has 4 rings (SSSR count). The van der Waals surface area contributed by atoms with Crippen LogP contribution in [0.3, 0.4) is 0 Å². The molecule has 3 aromatic rings. The number of alkyl carbamates (subject to hydrolysis) is 1. The van der Waals surface area contributed by atoms with E-state index in [1.54, 1.807) is 77.7 Å². The molecule has 1 aliphatic carbocycles. The minimum absolute atomic E-state index is 0.0628. The second kappa shape index (κ2) is 14.6. The standard InChI is InChI=1S/C32H38N6O7/c1-32(2,3)45-31(40)36-22-10-4-21(5-11-22)30(39)35-23-16-26(43-24-12-6-19(7-13-24)28(33)37-41)18-27(17-23)44-25-14-8-20(9-15-25)29(34)38-42/h6-9,12-18,21-22,41-42H,4-5,10-11H2,1-3H3,(H2,33,37)(H2,34,38)(H,35,39)(H,36,40). The maximum Gasteiger partial charge on any atom is 0.407 e. The average molecular weight is 619 g/mol. The molecule has 2 amide bonds. The normalized spacial score (nSPS) is 16.1. The van der Waals surface area contributed by atoms with Crippen molar-refractivity contribution < 1.29 is 34.2 Å². The molecule has 1 aliphatic rings. The first-order chi connectivity index (χ1) is 21.4. The summed E-state index contributed by atoms with van der Waals surface area (Å²) in [6, 6.07) is 17.9. The molecule has 13 nitrogen and oxygen atoms in total. The highest BCUT2D eigenvalue weighted by atomic mass is 16.6. The SMILES string of the molecule is CC(C)(C)OC(=O)NC1CCC(C(=O)Nc2cc(Oc3ccc(C(=N)NO)cc3)cc(Oc3ccc(C(=N)NO)cc3)c2)CC1. The lowest BCUT2D eigenvalue weighted by Gasteiger charge is -2.29. The third-order valence-corrected chi connectivity index (χ3v) is 6.95. The van der Waals surface area contributed by atoms with Gasteiger partial charge in [0, 0.05) is 47.0 Å². The Morgan fingerprint density at radius 2 is 1.20 bits per heavy atom. The van der Waals surface area contributed by atoms with Gasteiger partial charge >= 0.3 is 6.09 Å². The fourth-order valence-electron chi connectivity index (χ4n) is 4.76. The largest absolute Gasteiger partial charge is 0.457 e. The molecule has 0 saturated heterocycles. The van der Waals surface area contributed by atoms with Gasteiger partial charge in [-0.3, -0.25) is 37.0 Å². The van der Waals surface area contributed by atoms with Gasteiger partial charge in [0.05, 0.1) is 0 Å². The van der Waals surface area contributed by atoms with Crippen LogP contribution in [-0.2, 0) is 9.53 Å². The number of rotatable bonds is 9. The number of anilines is 1. The monoisotopic (exact) mass is 618 g/mol. The molecule has 0 atom stereocenters. The fraction of sp³-hybridized carbons (Fsp3) is 0.312. The van der Waals surface area contributed by atoms with Crippen molar-refractivity contribution in [2.24, 2.45) is 5.92 Å². The van der Waals surface area contributed by atoms with Crippen molar-refractivity contribution in [2.75, 3.05) is 5.32 Å². The van der Waals surface area contributed by atoms with Crippen molar-refractivity contribution in [3.8, 4) is 23.0 Å². The number of ether oxygens (including phenoxy) is 3. The second-order valence-corrected chi connectivity index (χ2v) is 11.6. The van der Waals surface area contributed by atoms with Gasteiger partial charge in [-0.1, -0.05) is 0 Å². The summed E-state index contributed by atoms with van der Waals surface area (Å²) in [7, 11) is 0. The van der Waals surface area contributed by atoms with Gasteiger partial charge in [0.25, 0.3) is 0 Å². The Hall–Kier alpha value is -5.14. The van der Waals surface area contributed by atoms with Crippen molar-refractivity contribution >= 4 is 29.4 Å². The maximum absolute atomic E-state index is 13.3. The number of carbonyl (C=O) groups is 2. The predicted molar refractivity (Wildman–Crippen MR) is 167 cm³/mol. The lowest BCUT2D eigenvalue weighted by Crippen LogP contribution is -2.42. The molecule has 0 unspecified atom stereocenters. The first kappa shape index (κ1) is 32.8. The Morgan fingerprint density at radius 3 is 1.62 bits per heavy atom. The fourth-order valence-corrected chi connectivity index (χ4v) is 4.76. The highest BCUT2D eigenvalue weighted by molar-refractivity contribution is 5.96. The molecule has 238 valence electrons. The zero-order valence-electron chi connectivity index (χ0n) is 25.3.